The predicted molar refractivity (Wildman–Crippen MR) is 69.4 cm³/mol. The quantitative estimate of drug-likeness (QED) is 0.896. The number of aliphatic hydroxyl groups excluding tert-OH is 1. The Morgan fingerprint density at radius 2 is 2.47 bits per heavy atom. The molecule has 17 heavy (non-hydrogen) atoms. The van der Waals surface area contributed by atoms with Gasteiger partial charge in [-0.1, -0.05) is 6.92 Å². The number of aryl methyl sites for hydroxylation is 1. The summed E-state index contributed by atoms with van der Waals surface area (Å²) in [6, 6.07) is 2.03. The zero-order valence-electron chi connectivity index (χ0n) is 10.3. The summed E-state index contributed by atoms with van der Waals surface area (Å²) in [5.41, 5.74) is 1.14. The summed E-state index contributed by atoms with van der Waals surface area (Å²) in [5, 5.41) is 11.5. The van der Waals surface area contributed by atoms with Gasteiger partial charge in [0.05, 0.1) is 11.0 Å². The smallest absolute Gasteiger partial charge is 0.264 e. The molecule has 1 aromatic rings. The van der Waals surface area contributed by atoms with Gasteiger partial charge < -0.3 is 10.0 Å². The average Bonchev–Trinajstić information content (AvgIpc) is 2.96. The monoisotopic (exact) mass is 253 g/mol. The first-order valence-electron chi connectivity index (χ1n) is 6.17. The molecular formula is C13H19NO2S. The summed E-state index contributed by atoms with van der Waals surface area (Å²) < 4.78 is 0. The average molecular weight is 253 g/mol. The predicted octanol–water partition coefficient (Wildman–Crippen LogP) is 2.15. The maximum atomic E-state index is 12.3. The van der Waals surface area contributed by atoms with Crippen LogP contribution in [0.5, 0.6) is 0 Å². The van der Waals surface area contributed by atoms with E-state index in [9.17, 15) is 9.90 Å². The van der Waals surface area contributed by atoms with Crippen LogP contribution in [0.25, 0.3) is 0 Å². The van der Waals surface area contributed by atoms with Gasteiger partial charge in [0, 0.05) is 19.0 Å². The fourth-order valence-corrected chi connectivity index (χ4v) is 3.27. The van der Waals surface area contributed by atoms with E-state index in [0.29, 0.717) is 6.54 Å². The SMILES string of the molecule is CCc1ccsc1C(=O)N1CCC(C(C)O)C1. The zero-order valence-corrected chi connectivity index (χ0v) is 11.2. The molecule has 2 atom stereocenters. The number of likely N-dealkylation sites (tertiary alicyclic amines) is 1. The van der Waals surface area contributed by atoms with E-state index in [1.165, 1.54) is 11.3 Å². The highest BCUT2D eigenvalue weighted by Crippen LogP contribution is 2.25. The minimum atomic E-state index is -0.318. The molecule has 3 nitrogen and oxygen atoms in total. The third-order valence-electron chi connectivity index (χ3n) is 3.52. The number of amides is 1. The molecule has 0 aromatic carbocycles. The molecule has 1 amide bonds. The fourth-order valence-electron chi connectivity index (χ4n) is 2.31. The maximum absolute atomic E-state index is 12.3. The minimum absolute atomic E-state index is 0.139. The molecule has 1 aliphatic rings. The second kappa shape index (κ2) is 5.19. The van der Waals surface area contributed by atoms with Crippen LogP contribution >= 0.6 is 11.3 Å². The second-order valence-electron chi connectivity index (χ2n) is 4.67. The highest BCUT2D eigenvalue weighted by Gasteiger charge is 2.30. The van der Waals surface area contributed by atoms with Gasteiger partial charge in [0.1, 0.15) is 0 Å². The van der Waals surface area contributed by atoms with Crippen molar-refractivity contribution in [1.82, 2.24) is 4.90 Å². The van der Waals surface area contributed by atoms with E-state index in [-0.39, 0.29) is 17.9 Å². The van der Waals surface area contributed by atoms with Crippen molar-refractivity contribution in [2.24, 2.45) is 5.92 Å². The number of hydrogen-bond donors (Lipinski definition) is 1. The first-order chi connectivity index (χ1) is 8.13. The molecule has 0 spiro atoms. The first kappa shape index (κ1) is 12.6. The Kier molecular flexibility index (Phi) is 3.84. The number of rotatable bonds is 3. The lowest BCUT2D eigenvalue weighted by atomic mass is 10.0. The van der Waals surface area contributed by atoms with Crippen LogP contribution in [0, 0.1) is 5.92 Å². The van der Waals surface area contributed by atoms with Crippen LogP contribution in [0.3, 0.4) is 0 Å². The van der Waals surface area contributed by atoms with Crippen LogP contribution in [-0.4, -0.2) is 35.1 Å². The number of aliphatic hydroxyl groups is 1. The van der Waals surface area contributed by atoms with Crippen LogP contribution in [0.15, 0.2) is 11.4 Å². The number of carbonyl (C=O) groups is 1. The lowest BCUT2D eigenvalue weighted by Crippen LogP contribution is -2.30. The van der Waals surface area contributed by atoms with Gasteiger partial charge in [0.25, 0.3) is 5.91 Å². The topological polar surface area (TPSA) is 40.5 Å². The molecule has 0 bridgehead atoms. The molecule has 2 rings (SSSR count). The van der Waals surface area contributed by atoms with Gasteiger partial charge in [-0.25, -0.2) is 0 Å². The summed E-state index contributed by atoms with van der Waals surface area (Å²) in [7, 11) is 0. The van der Waals surface area contributed by atoms with Gasteiger partial charge >= 0.3 is 0 Å². The molecule has 1 aliphatic heterocycles. The molecule has 0 aliphatic carbocycles. The van der Waals surface area contributed by atoms with Crippen molar-refractivity contribution >= 4 is 17.2 Å². The van der Waals surface area contributed by atoms with E-state index in [1.807, 2.05) is 16.3 Å². The van der Waals surface area contributed by atoms with Crippen molar-refractivity contribution in [3.8, 4) is 0 Å². The standard InChI is InChI=1S/C13H19NO2S/c1-3-10-5-7-17-12(10)13(16)14-6-4-11(8-14)9(2)15/h5,7,9,11,15H,3-4,6,8H2,1-2H3. The van der Waals surface area contributed by atoms with Crippen molar-refractivity contribution in [2.75, 3.05) is 13.1 Å². The number of thiophene rings is 1. The van der Waals surface area contributed by atoms with Crippen LogP contribution < -0.4 is 0 Å². The Balaban J connectivity index is 2.07. The van der Waals surface area contributed by atoms with E-state index in [2.05, 4.69) is 6.92 Å². The molecule has 1 saturated heterocycles. The molecule has 1 N–H and O–H groups in total. The summed E-state index contributed by atoms with van der Waals surface area (Å²) in [6.45, 7) is 5.34. The van der Waals surface area contributed by atoms with Crippen LogP contribution in [0.1, 0.15) is 35.5 Å². The lowest BCUT2D eigenvalue weighted by molar-refractivity contribution is 0.0766. The van der Waals surface area contributed by atoms with Crippen LogP contribution in [-0.2, 0) is 6.42 Å². The molecular weight excluding hydrogens is 234 g/mol. The van der Waals surface area contributed by atoms with E-state index < -0.39 is 0 Å². The number of carbonyl (C=O) groups excluding carboxylic acids is 1. The molecule has 2 unspecified atom stereocenters. The number of nitrogens with zero attached hydrogens (tertiary/aromatic N) is 1. The molecule has 1 fully saturated rings. The van der Waals surface area contributed by atoms with E-state index >= 15 is 0 Å². The second-order valence-corrected chi connectivity index (χ2v) is 5.59. The molecule has 0 radical (unpaired) electrons. The van der Waals surface area contributed by atoms with Crippen molar-refractivity contribution in [3.63, 3.8) is 0 Å². The molecule has 94 valence electrons. The third kappa shape index (κ3) is 2.53. The summed E-state index contributed by atoms with van der Waals surface area (Å²) in [4.78, 5) is 15.1. The zero-order chi connectivity index (χ0) is 12.4. The normalized spacial score (nSPS) is 21.8. The van der Waals surface area contributed by atoms with Crippen LogP contribution in [0.2, 0.25) is 0 Å². The van der Waals surface area contributed by atoms with Gasteiger partial charge in [-0.15, -0.1) is 11.3 Å². The Morgan fingerprint density at radius 1 is 1.71 bits per heavy atom. The van der Waals surface area contributed by atoms with Crippen LogP contribution in [0.4, 0.5) is 0 Å². The van der Waals surface area contributed by atoms with E-state index in [0.717, 1.165) is 29.8 Å². The van der Waals surface area contributed by atoms with Gasteiger partial charge in [0.2, 0.25) is 0 Å². The molecule has 0 saturated carbocycles. The Hall–Kier alpha value is -0.870. The Bertz CT molecular complexity index is 400. The third-order valence-corrected chi connectivity index (χ3v) is 4.46. The highest BCUT2D eigenvalue weighted by atomic mass is 32.1. The molecule has 2 heterocycles. The summed E-state index contributed by atoms with van der Waals surface area (Å²) in [5.74, 6) is 0.379. The van der Waals surface area contributed by atoms with Gasteiger partial charge in [-0.2, -0.15) is 0 Å². The van der Waals surface area contributed by atoms with E-state index in [1.54, 1.807) is 6.92 Å². The fraction of sp³-hybridized carbons (Fsp3) is 0.615. The van der Waals surface area contributed by atoms with Crippen molar-refractivity contribution in [3.05, 3.63) is 21.9 Å². The summed E-state index contributed by atoms with van der Waals surface area (Å²) >= 11 is 1.52. The first-order valence-corrected chi connectivity index (χ1v) is 7.05. The van der Waals surface area contributed by atoms with Gasteiger partial charge in [0.15, 0.2) is 0 Å². The van der Waals surface area contributed by atoms with E-state index in [4.69, 9.17) is 0 Å². The maximum Gasteiger partial charge on any atom is 0.264 e. The largest absolute Gasteiger partial charge is 0.393 e. The minimum Gasteiger partial charge on any atom is -0.393 e. The summed E-state index contributed by atoms with van der Waals surface area (Å²) in [6.07, 6.45) is 1.50. The highest BCUT2D eigenvalue weighted by molar-refractivity contribution is 7.12. The number of hydrogen-bond acceptors (Lipinski definition) is 3. The lowest BCUT2D eigenvalue weighted by Gasteiger charge is -2.17. The molecule has 4 heteroatoms. The Morgan fingerprint density at radius 3 is 3.06 bits per heavy atom. The van der Waals surface area contributed by atoms with Crippen molar-refractivity contribution < 1.29 is 9.90 Å². The Labute approximate surface area is 106 Å². The van der Waals surface area contributed by atoms with Gasteiger partial charge in [-0.3, -0.25) is 4.79 Å². The van der Waals surface area contributed by atoms with Crippen molar-refractivity contribution in [1.29, 1.82) is 0 Å². The van der Waals surface area contributed by atoms with Gasteiger partial charge in [-0.05, 0) is 36.8 Å². The molecule has 1 aromatic heterocycles. The van der Waals surface area contributed by atoms with Crippen molar-refractivity contribution in [2.45, 2.75) is 32.8 Å².